The molecule has 1 aromatic rings. The lowest BCUT2D eigenvalue weighted by Gasteiger charge is -2.12. The van der Waals surface area contributed by atoms with Crippen molar-refractivity contribution in [2.24, 2.45) is 0 Å². The van der Waals surface area contributed by atoms with Crippen LogP contribution in [0.4, 0.5) is 8.78 Å². The lowest BCUT2D eigenvalue weighted by Crippen LogP contribution is -2.34. The number of nitrogens with zero attached hydrogens (tertiary/aromatic N) is 1. The van der Waals surface area contributed by atoms with Gasteiger partial charge in [0.05, 0.1) is 11.6 Å². The van der Waals surface area contributed by atoms with Gasteiger partial charge in [-0.2, -0.15) is 0 Å². The van der Waals surface area contributed by atoms with Gasteiger partial charge in [0.15, 0.2) is 0 Å². The fourth-order valence-corrected chi connectivity index (χ4v) is 1.53. The van der Waals surface area contributed by atoms with Crippen molar-refractivity contribution < 1.29 is 8.78 Å². The van der Waals surface area contributed by atoms with E-state index in [-0.39, 0.29) is 0 Å². The van der Waals surface area contributed by atoms with E-state index in [9.17, 15) is 8.78 Å². The Labute approximate surface area is 73.6 Å². The maximum Gasteiger partial charge on any atom is 0.254 e. The molecule has 0 amide bonds. The summed E-state index contributed by atoms with van der Waals surface area (Å²) in [6.45, 7) is 0. The molecule has 1 atom stereocenters. The zero-order valence-electron chi connectivity index (χ0n) is 6.63. The number of thiazole rings is 1. The second-order valence-electron chi connectivity index (χ2n) is 2.40. The second-order valence-corrected chi connectivity index (χ2v) is 3.37. The minimum absolute atomic E-state index is 0.346. The first-order valence-corrected chi connectivity index (χ1v) is 4.44. The van der Waals surface area contributed by atoms with E-state index in [2.05, 4.69) is 10.3 Å². The van der Waals surface area contributed by atoms with E-state index in [1.165, 1.54) is 18.4 Å². The minimum Gasteiger partial charge on any atom is -0.312 e. The maximum atomic E-state index is 12.2. The number of likely N-dealkylation sites (N-methyl/N-ethyl adjacent to an activating group) is 1. The van der Waals surface area contributed by atoms with Gasteiger partial charge in [0.1, 0.15) is 0 Å². The zero-order valence-corrected chi connectivity index (χ0v) is 7.44. The number of hydrogen-bond donors (Lipinski definition) is 1. The van der Waals surface area contributed by atoms with Gasteiger partial charge in [-0.05, 0) is 7.05 Å². The van der Waals surface area contributed by atoms with E-state index >= 15 is 0 Å². The van der Waals surface area contributed by atoms with Crippen LogP contribution in [0.15, 0.2) is 11.7 Å². The van der Waals surface area contributed by atoms with Crippen LogP contribution in [-0.2, 0) is 6.42 Å². The smallest absolute Gasteiger partial charge is 0.254 e. The largest absolute Gasteiger partial charge is 0.312 e. The molecular weight excluding hydrogens is 182 g/mol. The van der Waals surface area contributed by atoms with Gasteiger partial charge in [-0.3, -0.25) is 4.98 Å². The summed E-state index contributed by atoms with van der Waals surface area (Å²) in [5, 5.41) is 2.57. The Hall–Kier alpha value is -0.550. The maximum absolute atomic E-state index is 12.2. The Morgan fingerprint density at radius 3 is 2.83 bits per heavy atom. The van der Waals surface area contributed by atoms with Crippen LogP contribution < -0.4 is 5.32 Å². The van der Waals surface area contributed by atoms with Gasteiger partial charge in [0.2, 0.25) is 0 Å². The van der Waals surface area contributed by atoms with Crippen LogP contribution in [0.1, 0.15) is 4.88 Å². The van der Waals surface area contributed by atoms with Crippen molar-refractivity contribution in [3.8, 4) is 0 Å². The third-order valence-corrected chi connectivity index (χ3v) is 2.38. The predicted molar refractivity (Wildman–Crippen MR) is 44.7 cm³/mol. The first kappa shape index (κ1) is 9.54. The summed E-state index contributed by atoms with van der Waals surface area (Å²) in [6, 6.07) is -0.759. The third-order valence-electron chi connectivity index (χ3n) is 1.58. The van der Waals surface area contributed by atoms with E-state index in [0.29, 0.717) is 6.42 Å². The van der Waals surface area contributed by atoms with E-state index < -0.39 is 12.5 Å². The number of aromatic nitrogens is 1. The Balaban J connectivity index is 2.48. The molecule has 0 aliphatic rings. The van der Waals surface area contributed by atoms with E-state index in [1.807, 2.05) is 0 Å². The molecule has 0 spiro atoms. The number of hydrogen-bond acceptors (Lipinski definition) is 3. The molecule has 0 saturated carbocycles. The minimum atomic E-state index is -2.32. The number of nitrogens with one attached hydrogen (secondary N) is 1. The highest BCUT2D eigenvalue weighted by molar-refractivity contribution is 7.09. The van der Waals surface area contributed by atoms with Crippen molar-refractivity contribution in [1.82, 2.24) is 10.3 Å². The molecule has 0 saturated heterocycles. The fraction of sp³-hybridized carbons (Fsp3) is 0.571. The molecule has 0 radical (unpaired) electrons. The van der Waals surface area contributed by atoms with Crippen molar-refractivity contribution in [1.29, 1.82) is 0 Å². The molecule has 1 heterocycles. The fourth-order valence-electron chi connectivity index (χ4n) is 0.877. The Bertz CT molecular complexity index is 213. The molecule has 1 aromatic heterocycles. The van der Waals surface area contributed by atoms with E-state index in [1.54, 1.807) is 11.7 Å². The lowest BCUT2D eigenvalue weighted by molar-refractivity contribution is 0.102. The van der Waals surface area contributed by atoms with Gasteiger partial charge in [0.25, 0.3) is 6.43 Å². The molecule has 5 heteroatoms. The zero-order chi connectivity index (χ0) is 8.97. The monoisotopic (exact) mass is 192 g/mol. The van der Waals surface area contributed by atoms with Crippen LogP contribution >= 0.6 is 11.3 Å². The quantitative estimate of drug-likeness (QED) is 0.782. The highest BCUT2D eigenvalue weighted by atomic mass is 32.1. The topological polar surface area (TPSA) is 24.9 Å². The summed E-state index contributed by atoms with van der Waals surface area (Å²) >= 11 is 1.40. The summed E-state index contributed by atoms with van der Waals surface area (Å²) in [7, 11) is 1.54. The van der Waals surface area contributed by atoms with Gasteiger partial charge in [0, 0.05) is 17.5 Å². The summed E-state index contributed by atoms with van der Waals surface area (Å²) in [6.07, 6.45) is -0.354. The average molecular weight is 192 g/mol. The number of rotatable bonds is 4. The van der Waals surface area contributed by atoms with E-state index in [4.69, 9.17) is 0 Å². The molecule has 12 heavy (non-hydrogen) atoms. The summed E-state index contributed by atoms with van der Waals surface area (Å²) in [5.41, 5.74) is 1.65. The Morgan fingerprint density at radius 2 is 2.42 bits per heavy atom. The van der Waals surface area contributed by atoms with Gasteiger partial charge in [-0.1, -0.05) is 0 Å². The van der Waals surface area contributed by atoms with Crippen molar-refractivity contribution >= 4 is 11.3 Å². The van der Waals surface area contributed by atoms with E-state index in [0.717, 1.165) is 4.88 Å². The molecule has 0 fully saturated rings. The molecule has 0 aliphatic heterocycles. The summed E-state index contributed by atoms with van der Waals surface area (Å²) < 4.78 is 24.4. The van der Waals surface area contributed by atoms with Gasteiger partial charge < -0.3 is 5.32 Å². The second kappa shape index (κ2) is 4.47. The molecule has 0 aliphatic carbocycles. The highest BCUT2D eigenvalue weighted by Crippen LogP contribution is 2.12. The highest BCUT2D eigenvalue weighted by Gasteiger charge is 2.18. The van der Waals surface area contributed by atoms with Crippen LogP contribution in [0.25, 0.3) is 0 Å². The normalized spacial score (nSPS) is 13.7. The molecule has 1 N–H and O–H groups in total. The van der Waals surface area contributed by atoms with Gasteiger partial charge >= 0.3 is 0 Å². The molecule has 0 bridgehead atoms. The number of halogens is 2. The first-order valence-electron chi connectivity index (χ1n) is 3.57. The lowest BCUT2D eigenvalue weighted by atomic mass is 10.2. The first-order chi connectivity index (χ1) is 5.74. The molecule has 1 unspecified atom stereocenters. The van der Waals surface area contributed by atoms with Crippen LogP contribution in [0.5, 0.6) is 0 Å². The standard InChI is InChI=1S/C7H10F2N2S/c1-10-6(7(8)9)2-5-3-11-4-12-5/h3-4,6-7,10H,2H2,1H3. The van der Waals surface area contributed by atoms with Gasteiger partial charge in [-0.15, -0.1) is 11.3 Å². The Kier molecular flexibility index (Phi) is 3.55. The van der Waals surface area contributed by atoms with Crippen LogP contribution in [0, 0.1) is 0 Å². The van der Waals surface area contributed by atoms with Crippen LogP contribution in [-0.4, -0.2) is 24.5 Å². The van der Waals surface area contributed by atoms with Crippen molar-refractivity contribution in [3.63, 3.8) is 0 Å². The molecule has 68 valence electrons. The summed E-state index contributed by atoms with van der Waals surface area (Å²) in [4.78, 5) is 4.70. The van der Waals surface area contributed by atoms with Crippen LogP contribution in [0.3, 0.4) is 0 Å². The van der Waals surface area contributed by atoms with Gasteiger partial charge in [-0.25, -0.2) is 8.78 Å². The Morgan fingerprint density at radius 1 is 1.67 bits per heavy atom. The number of alkyl halides is 2. The molecular formula is C7H10F2N2S. The van der Waals surface area contributed by atoms with Crippen LogP contribution in [0.2, 0.25) is 0 Å². The van der Waals surface area contributed by atoms with Crippen molar-refractivity contribution in [3.05, 3.63) is 16.6 Å². The van der Waals surface area contributed by atoms with Crippen molar-refractivity contribution in [2.45, 2.75) is 18.9 Å². The molecule has 0 aromatic carbocycles. The predicted octanol–water partition coefficient (Wildman–Crippen LogP) is 1.54. The SMILES string of the molecule is CNC(Cc1cncs1)C(F)F. The van der Waals surface area contributed by atoms with Crippen molar-refractivity contribution in [2.75, 3.05) is 7.05 Å². The third kappa shape index (κ3) is 2.49. The summed E-state index contributed by atoms with van der Waals surface area (Å²) in [5.74, 6) is 0. The average Bonchev–Trinajstić information content (AvgIpc) is 2.51. The molecule has 2 nitrogen and oxygen atoms in total. The molecule has 1 rings (SSSR count).